The van der Waals surface area contributed by atoms with Gasteiger partial charge in [-0.25, -0.2) is 13.6 Å². The zero-order chi connectivity index (χ0) is 18.0. The molecule has 0 unspecified atom stereocenters. The molecule has 0 bridgehead atoms. The molecule has 3 aromatic rings. The Hall–Kier alpha value is -2.19. The highest BCUT2D eigenvalue weighted by Gasteiger charge is 2.10. The molecule has 2 aromatic carbocycles. The minimum absolute atomic E-state index is 0.0677. The van der Waals surface area contributed by atoms with Crippen molar-refractivity contribution in [3.8, 4) is 0 Å². The summed E-state index contributed by atoms with van der Waals surface area (Å²) in [6.45, 7) is 0. The van der Waals surface area contributed by atoms with E-state index >= 15 is 0 Å². The first kappa shape index (κ1) is 17.6. The van der Waals surface area contributed by atoms with Crippen LogP contribution in [0.15, 0.2) is 59.5 Å². The summed E-state index contributed by atoms with van der Waals surface area (Å²) < 4.78 is 23.7. The van der Waals surface area contributed by atoms with Gasteiger partial charge in [0, 0.05) is 26.7 Å². The molecular formula is C17H13ClN2O3S2. The van der Waals surface area contributed by atoms with Crippen molar-refractivity contribution in [2.45, 2.75) is 4.90 Å². The van der Waals surface area contributed by atoms with Crippen LogP contribution in [0, 0.1) is 0 Å². The lowest BCUT2D eigenvalue weighted by Gasteiger charge is -2.04. The fourth-order valence-electron chi connectivity index (χ4n) is 2.23. The molecule has 0 spiro atoms. The van der Waals surface area contributed by atoms with Crippen LogP contribution in [0.5, 0.6) is 0 Å². The van der Waals surface area contributed by atoms with Crippen LogP contribution in [0.2, 0.25) is 5.02 Å². The van der Waals surface area contributed by atoms with Gasteiger partial charge < -0.3 is 5.32 Å². The second-order valence-electron chi connectivity index (χ2n) is 5.17. The van der Waals surface area contributed by atoms with Gasteiger partial charge >= 0.3 is 0 Å². The first-order valence-electron chi connectivity index (χ1n) is 7.13. The maximum atomic E-state index is 12.1. The van der Waals surface area contributed by atoms with Gasteiger partial charge in [-0.05, 0) is 30.3 Å². The van der Waals surface area contributed by atoms with E-state index in [1.807, 2.05) is 24.3 Å². The number of sulfonamides is 1. The van der Waals surface area contributed by atoms with Crippen LogP contribution in [0.25, 0.3) is 16.2 Å². The molecule has 0 saturated carbocycles. The van der Waals surface area contributed by atoms with E-state index < -0.39 is 15.9 Å². The Kier molecular flexibility index (Phi) is 4.91. The lowest BCUT2D eigenvalue weighted by Crippen LogP contribution is -2.13. The van der Waals surface area contributed by atoms with E-state index in [0.29, 0.717) is 10.7 Å². The highest BCUT2D eigenvalue weighted by atomic mass is 35.5. The van der Waals surface area contributed by atoms with Crippen LogP contribution in [0.3, 0.4) is 0 Å². The van der Waals surface area contributed by atoms with Crippen molar-refractivity contribution in [1.82, 2.24) is 0 Å². The number of carbonyl (C=O) groups is 1. The Morgan fingerprint density at radius 1 is 1.16 bits per heavy atom. The van der Waals surface area contributed by atoms with Crippen LogP contribution in [0.1, 0.15) is 4.88 Å². The van der Waals surface area contributed by atoms with E-state index in [9.17, 15) is 13.2 Å². The number of hydrogen-bond acceptors (Lipinski definition) is 4. The summed E-state index contributed by atoms with van der Waals surface area (Å²) >= 11 is 7.80. The van der Waals surface area contributed by atoms with Gasteiger partial charge in [0.05, 0.1) is 9.92 Å². The zero-order valence-corrected chi connectivity index (χ0v) is 15.2. The Morgan fingerprint density at radius 3 is 2.64 bits per heavy atom. The number of primary sulfonamides is 1. The summed E-state index contributed by atoms with van der Waals surface area (Å²) in [6, 6.07) is 13.4. The molecule has 0 aliphatic heterocycles. The van der Waals surface area contributed by atoms with Crippen molar-refractivity contribution in [2.24, 2.45) is 5.14 Å². The molecule has 3 rings (SSSR count). The first-order chi connectivity index (χ1) is 11.8. The number of hydrogen-bond donors (Lipinski definition) is 2. The number of halogens is 1. The van der Waals surface area contributed by atoms with Gasteiger partial charge in [0.25, 0.3) is 0 Å². The number of amides is 1. The van der Waals surface area contributed by atoms with E-state index in [-0.39, 0.29) is 4.90 Å². The third-order valence-corrected chi connectivity index (χ3v) is 5.94. The zero-order valence-electron chi connectivity index (χ0n) is 12.8. The van der Waals surface area contributed by atoms with E-state index in [1.54, 1.807) is 12.1 Å². The average Bonchev–Trinajstić information content (AvgIpc) is 2.89. The van der Waals surface area contributed by atoms with Crippen LogP contribution >= 0.6 is 22.9 Å². The highest BCUT2D eigenvalue weighted by Crippen LogP contribution is 2.35. The molecule has 0 aliphatic carbocycles. The number of anilines is 1. The molecule has 0 atom stereocenters. The molecule has 3 N–H and O–H groups in total. The highest BCUT2D eigenvalue weighted by molar-refractivity contribution is 7.89. The normalized spacial score (nSPS) is 11.9. The molecule has 0 radical (unpaired) electrons. The molecule has 1 heterocycles. The van der Waals surface area contributed by atoms with Crippen molar-refractivity contribution in [1.29, 1.82) is 0 Å². The number of thiophene rings is 1. The molecule has 0 aliphatic rings. The SMILES string of the molecule is NS(=O)(=O)c1cccc(NC(=O)/C=C/c2sc3ccccc3c2Cl)c1. The summed E-state index contributed by atoms with van der Waals surface area (Å²) in [4.78, 5) is 12.8. The Bertz CT molecular complexity index is 1090. The Balaban J connectivity index is 1.78. The summed E-state index contributed by atoms with van der Waals surface area (Å²) in [5, 5.41) is 9.21. The number of rotatable bonds is 4. The van der Waals surface area contributed by atoms with Gasteiger partial charge in [0.1, 0.15) is 0 Å². The number of carbonyl (C=O) groups excluding carboxylic acids is 1. The predicted molar refractivity (Wildman–Crippen MR) is 102 cm³/mol. The minimum Gasteiger partial charge on any atom is -0.322 e. The number of benzene rings is 2. The van der Waals surface area contributed by atoms with Crippen molar-refractivity contribution in [3.05, 3.63) is 64.5 Å². The second-order valence-corrected chi connectivity index (χ2v) is 8.20. The van der Waals surface area contributed by atoms with Crippen LogP contribution < -0.4 is 10.5 Å². The minimum atomic E-state index is -3.82. The van der Waals surface area contributed by atoms with Gasteiger partial charge in [-0.2, -0.15) is 0 Å². The lowest BCUT2D eigenvalue weighted by atomic mass is 10.2. The molecule has 8 heteroatoms. The summed E-state index contributed by atoms with van der Waals surface area (Å²) in [7, 11) is -3.82. The van der Waals surface area contributed by atoms with Gasteiger partial charge in [-0.1, -0.05) is 35.9 Å². The molecule has 1 aromatic heterocycles. The van der Waals surface area contributed by atoms with Crippen LogP contribution in [0.4, 0.5) is 5.69 Å². The van der Waals surface area contributed by atoms with Crippen molar-refractivity contribution >= 4 is 60.7 Å². The van der Waals surface area contributed by atoms with E-state index in [1.165, 1.54) is 35.6 Å². The maximum Gasteiger partial charge on any atom is 0.248 e. The average molecular weight is 393 g/mol. The van der Waals surface area contributed by atoms with Crippen LogP contribution in [-0.2, 0) is 14.8 Å². The first-order valence-corrected chi connectivity index (χ1v) is 9.87. The van der Waals surface area contributed by atoms with Crippen LogP contribution in [-0.4, -0.2) is 14.3 Å². The molecule has 5 nitrogen and oxygen atoms in total. The summed E-state index contributed by atoms with van der Waals surface area (Å²) in [5.74, 6) is -0.403. The summed E-state index contributed by atoms with van der Waals surface area (Å²) in [6.07, 6.45) is 2.98. The molecular weight excluding hydrogens is 380 g/mol. The van der Waals surface area contributed by atoms with Gasteiger partial charge in [-0.15, -0.1) is 11.3 Å². The van der Waals surface area contributed by atoms with Crippen molar-refractivity contribution in [2.75, 3.05) is 5.32 Å². The molecule has 0 saturated heterocycles. The number of nitrogens with one attached hydrogen (secondary N) is 1. The maximum absolute atomic E-state index is 12.1. The fourth-order valence-corrected chi connectivity index (χ4v) is 4.18. The predicted octanol–water partition coefficient (Wildman–Crippen LogP) is 3.85. The monoisotopic (exact) mass is 392 g/mol. The largest absolute Gasteiger partial charge is 0.322 e. The van der Waals surface area contributed by atoms with E-state index in [4.69, 9.17) is 16.7 Å². The molecule has 0 fully saturated rings. The molecule has 128 valence electrons. The van der Waals surface area contributed by atoms with Gasteiger partial charge in [0.2, 0.25) is 15.9 Å². The fraction of sp³-hybridized carbons (Fsp3) is 0. The Morgan fingerprint density at radius 2 is 1.92 bits per heavy atom. The second kappa shape index (κ2) is 6.97. The Labute approximate surface area is 153 Å². The van der Waals surface area contributed by atoms with E-state index in [2.05, 4.69) is 5.32 Å². The van der Waals surface area contributed by atoms with E-state index in [0.717, 1.165) is 15.0 Å². The lowest BCUT2D eigenvalue weighted by molar-refractivity contribution is -0.111. The smallest absolute Gasteiger partial charge is 0.248 e. The van der Waals surface area contributed by atoms with Gasteiger partial charge in [-0.3, -0.25) is 4.79 Å². The number of fused-ring (bicyclic) bond motifs is 1. The van der Waals surface area contributed by atoms with Crippen molar-refractivity contribution < 1.29 is 13.2 Å². The molecule has 1 amide bonds. The third kappa shape index (κ3) is 4.08. The number of nitrogens with two attached hydrogens (primary N) is 1. The summed E-state index contributed by atoms with van der Waals surface area (Å²) in [5.41, 5.74) is 0.337. The molecule has 25 heavy (non-hydrogen) atoms. The quantitative estimate of drug-likeness (QED) is 0.661. The van der Waals surface area contributed by atoms with Crippen molar-refractivity contribution in [3.63, 3.8) is 0 Å². The third-order valence-electron chi connectivity index (χ3n) is 3.38. The standard InChI is InChI=1S/C17H13ClN2O3S2/c18-17-13-6-1-2-7-14(13)24-15(17)8-9-16(21)20-11-4-3-5-12(10-11)25(19,22)23/h1-10H,(H,20,21)(H2,19,22,23)/b9-8+. The topological polar surface area (TPSA) is 89.3 Å². The van der Waals surface area contributed by atoms with Gasteiger partial charge in [0.15, 0.2) is 0 Å².